The molecule has 0 spiro atoms. The van der Waals surface area contributed by atoms with Crippen LogP contribution in [0.3, 0.4) is 0 Å². The molecular weight excluding hydrogens is 412 g/mol. The highest BCUT2D eigenvalue weighted by atomic mass is 79.9. The molecule has 0 bridgehead atoms. The number of hydrogen-bond donors (Lipinski definition) is 0. The van der Waals surface area contributed by atoms with Crippen LogP contribution in [-0.2, 0) is 11.5 Å². The molecule has 0 N–H and O–H groups in total. The summed E-state index contributed by atoms with van der Waals surface area (Å²) in [5, 5.41) is 5.61. The van der Waals surface area contributed by atoms with Gasteiger partial charge in [-0.2, -0.15) is 5.10 Å². The SMILES string of the molecule is CC(C)n1c(-c2cnn(COCCS(C)(C)C)c2)cc2cnc(Br)cc21. The lowest BCUT2D eigenvalue weighted by Crippen LogP contribution is -2.10. The van der Waals surface area contributed by atoms with Crippen molar-refractivity contribution in [2.24, 2.45) is 0 Å². The van der Waals surface area contributed by atoms with E-state index in [9.17, 15) is 0 Å². The van der Waals surface area contributed by atoms with Gasteiger partial charge in [-0.25, -0.2) is 19.7 Å². The second-order valence-corrected chi connectivity index (χ2v) is 13.1. The number of rotatable bonds is 7. The Morgan fingerprint density at radius 1 is 1.19 bits per heavy atom. The number of pyridine rings is 1. The average Bonchev–Trinajstić information content (AvgIpc) is 3.14. The molecular formula is C19H27BrN4OS. The largest absolute Gasteiger partial charge is 0.358 e. The topological polar surface area (TPSA) is 44.9 Å². The Labute approximate surface area is 165 Å². The minimum absolute atomic E-state index is 0.339. The first-order chi connectivity index (χ1) is 12.2. The monoisotopic (exact) mass is 438 g/mol. The Bertz CT molecular complexity index is 895. The third kappa shape index (κ3) is 4.50. The van der Waals surface area contributed by atoms with Gasteiger partial charge in [0.05, 0.1) is 24.0 Å². The standard InChI is InChI=1S/C19H27BrN4OS/c1-14(2)24-17(8-15-10-21-19(20)9-18(15)24)16-11-22-23(12-16)13-25-6-7-26(3,4)5/h8-12,14H,6-7,13H2,1-5H3. The van der Waals surface area contributed by atoms with Crippen LogP contribution in [-0.4, -0.2) is 50.5 Å². The summed E-state index contributed by atoms with van der Waals surface area (Å²) in [5.41, 5.74) is 3.42. The molecule has 0 aliphatic rings. The van der Waals surface area contributed by atoms with Crippen molar-refractivity contribution in [1.82, 2.24) is 19.3 Å². The van der Waals surface area contributed by atoms with E-state index >= 15 is 0 Å². The minimum atomic E-state index is -0.518. The van der Waals surface area contributed by atoms with E-state index in [-0.39, 0.29) is 0 Å². The van der Waals surface area contributed by atoms with Crippen LogP contribution >= 0.6 is 26.0 Å². The second kappa shape index (κ2) is 7.74. The van der Waals surface area contributed by atoms with E-state index < -0.39 is 10.0 Å². The number of aromatic nitrogens is 4. The summed E-state index contributed by atoms with van der Waals surface area (Å²) < 4.78 is 10.8. The maximum atomic E-state index is 5.80. The number of fused-ring (bicyclic) bond motifs is 1. The molecule has 3 aromatic heterocycles. The van der Waals surface area contributed by atoms with Gasteiger partial charge >= 0.3 is 0 Å². The van der Waals surface area contributed by atoms with Crippen molar-refractivity contribution in [1.29, 1.82) is 0 Å². The first-order valence-corrected chi connectivity index (χ1v) is 12.5. The summed E-state index contributed by atoms with van der Waals surface area (Å²) in [5.74, 6) is 1.12. The third-order valence-corrected chi connectivity index (χ3v) is 6.02. The van der Waals surface area contributed by atoms with Crippen LogP contribution < -0.4 is 0 Å². The van der Waals surface area contributed by atoms with E-state index in [0.717, 1.165) is 33.6 Å². The van der Waals surface area contributed by atoms with E-state index in [1.54, 1.807) is 0 Å². The van der Waals surface area contributed by atoms with Crippen LogP contribution in [0.25, 0.3) is 22.2 Å². The van der Waals surface area contributed by atoms with Crippen LogP contribution in [0.1, 0.15) is 19.9 Å². The molecule has 0 amide bonds. The van der Waals surface area contributed by atoms with Crippen molar-refractivity contribution in [2.75, 3.05) is 31.1 Å². The van der Waals surface area contributed by atoms with Crippen LogP contribution in [0.4, 0.5) is 0 Å². The molecule has 0 unspecified atom stereocenters. The van der Waals surface area contributed by atoms with Crippen molar-refractivity contribution in [3.63, 3.8) is 0 Å². The van der Waals surface area contributed by atoms with Crippen molar-refractivity contribution >= 4 is 36.9 Å². The first-order valence-electron chi connectivity index (χ1n) is 8.68. The van der Waals surface area contributed by atoms with Gasteiger partial charge in [-0.3, -0.25) is 0 Å². The van der Waals surface area contributed by atoms with Crippen LogP contribution in [0.5, 0.6) is 0 Å². The van der Waals surface area contributed by atoms with Crippen molar-refractivity contribution in [3.8, 4) is 11.3 Å². The van der Waals surface area contributed by atoms with E-state index in [0.29, 0.717) is 12.8 Å². The van der Waals surface area contributed by atoms with Gasteiger partial charge in [0, 0.05) is 35.1 Å². The Morgan fingerprint density at radius 2 is 1.96 bits per heavy atom. The van der Waals surface area contributed by atoms with Gasteiger partial charge in [0.1, 0.15) is 11.3 Å². The minimum Gasteiger partial charge on any atom is -0.358 e. The molecule has 0 saturated heterocycles. The smallest absolute Gasteiger partial charge is 0.139 e. The lowest BCUT2D eigenvalue weighted by atomic mass is 10.2. The fourth-order valence-corrected chi connectivity index (χ4v) is 3.85. The average molecular weight is 439 g/mol. The number of halogens is 1. The molecule has 0 fully saturated rings. The van der Waals surface area contributed by atoms with Crippen LogP contribution in [0, 0.1) is 0 Å². The summed E-state index contributed by atoms with van der Waals surface area (Å²) in [6.07, 6.45) is 12.8. The fourth-order valence-electron chi connectivity index (χ4n) is 2.91. The zero-order valence-electron chi connectivity index (χ0n) is 16.1. The first kappa shape index (κ1) is 19.5. The molecule has 3 aromatic rings. The molecule has 7 heteroatoms. The van der Waals surface area contributed by atoms with Gasteiger partial charge in [-0.1, -0.05) is 0 Å². The summed E-state index contributed by atoms with van der Waals surface area (Å²) in [6.45, 7) is 5.66. The highest BCUT2D eigenvalue weighted by molar-refractivity contribution is 9.10. The Balaban J connectivity index is 1.82. The van der Waals surface area contributed by atoms with Crippen molar-refractivity contribution in [2.45, 2.75) is 26.6 Å². The Morgan fingerprint density at radius 3 is 2.65 bits per heavy atom. The maximum absolute atomic E-state index is 5.80. The predicted molar refractivity (Wildman–Crippen MR) is 115 cm³/mol. The van der Waals surface area contributed by atoms with E-state index in [1.165, 1.54) is 5.52 Å². The zero-order valence-corrected chi connectivity index (χ0v) is 18.5. The number of ether oxygens (including phenoxy) is 1. The Kier molecular flexibility index (Phi) is 5.79. The third-order valence-electron chi connectivity index (χ3n) is 4.20. The zero-order chi connectivity index (χ0) is 18.9. The summed E-state index contributed by atoms with van der Waals surface area (Å²) in [6, 6.07) is 4.59. The number of hydrogen-bond acceptors (Lipinski definition) is 3. The van der Waals surface area contributed by atoms with E-state index in [4.69, 9.17) is 4.74 Å². The van der Waals surface area contributed by atoms with Gasteiger partial charge in [-0.05, 0) is 60.7 Å². The van der Waals surface area contributed by atoms with Gasteiger partial charge < -0.3 is 9.30 Å². The molecule has 0 radical (unpaired) electrons. The molecule has 0 atom stereocenters. The molecule has 5 nitrogen and oxygen atoms in total. The molecule has 0 aromatic carbocycles. The summed E-state index contributed by atoms with van der Waals surface area (Å²) >= 11 is 3.48. The fraction of sp³-hybridized carbons (Fsp3) is 0.474. The highest BCUT2D eigenvalue weighted by Crippen LogP contribution is 2.34. The molecule has 3 rings (SSSR count). The lowest BCUT2D eigenvalue weighted by Gasteiger charge is -2.24. The normalized spacial score (nSPS) is 13.0. The van der Waals surface area contributed by atoms with E-state index in [1.807, 2.05) is 17.1 Å². The quantitative estimate of drug-likeness (QED) is 0.388. The molecule has 142 valence electrons. The lowest BCUT2D eigenvalue weighted by molar-refractivity contribution is 0.0809. The van der Waals surface area contributed by atoms with Gasteiger partial charge in [0.25, 0.3) is 0 Å². The molecule has 0 saturated carbocycles. The summed E-state index contributed by atoms with van der Waals surface area (Å²) in [7, 11) is -0.518. The predicted octanol–water partition coefficient (Wildman–Crippen LogP) is 4.91. The maximum Gasteiger partial charge on any atom is 0.139 e. The molecule has 26 heavy (non-hydrogen) atoms. The van der Waals surface area contributed by atoms with Gasteiger partial charge in [0.15, 0.2) is 0 Å². The van der Waals surface area contributed by atoms with Gasteiger partial charge in [-0.15, -0.1) is 0 Å². The number of nitrogens with zero attached hydrogens (tertiary/aromatic N) is 4. The van der Waals surface area contributed by atoms with Crippen molar-refractivity contribution < 1.29 is 4.74 Å². The highest BCUT2D eigenvalue weighted by Gasteiger charge is 2.15. The van der Waals surface area contributed by atoms with Crippen LogP contribution in [0.2, 0.25) is 0 Å². The van der Waals surface area contributed by atoms with Gasteiger partial charge in [0.2, 0.25) is 0 Å². The van der Waals surface area contributed by atoms with Crippen molar-refractivity contribution in [3.05, 3.63) is 35.3 Å². The molecule has 0 aliphatic carbocycles. The van der Waals surface area contributed by atoms with Crippen LogP contribution in [0.15, 0.2) is 35.3 Å². The molecule has 3 heterocycles. The Hall–Kier alpha value is -1.31. The van der Waals surface area contributed by atoms with E-state index in [2.05, 4.69) is 81.5 Å². The summed E-state index contributed by atoms with van der Waals surface area (Å²) in [4.78, 5) is 4.35. The molecule has 0 aliphatic heterocycles. The second-order valence-electron chi connectivity index (χ2n) is 7.66.